The van der Waals surface area contributed by atoms with E-state index in [0.717, 1.165) is 37.5 Å². The Hall–Kier alpha value is -1.03. The minimum atomic E-state index is 0.114. The van der Waals surface area contributed by atoms with E-state index in [4.69, 9.17) is 16.3 Å². The molecule has 0 radical (unpaired) electrons. The van der Waals surface area contributed by atoms with Crippen LogP contribution in [-0.2, 0) is 0 Å². The molecule has 17 heavy (non-hydrogen) atoms. The topological polar surface area (TPSA) is 47.0 Å². The molecule has 0 unspecified atom stereocenters. The highest BCUT2D eigenvalue weighted by molar-refractivity contribution is 6.17. The van der Waals surface area contributed by atoms with Gasteiger partial charge >= 0.3 is 0 Å². The zero-order chi connectivity index (χ0) is 12.5. The average Bonchev–Trinajstić information content (AvgIpc) is 2.28. The van der Waals surface area contributed by atoms with E-state index >= 15 is 0 Å². The number of rotatable bonds is 8. The first-order valence-electron chi connectivity index (χ1n) is 6.01. The minimum absolute atomic E-state index is 0.114. The van der Waals surface area contributed by atoms with Gasteiger partial charge in [-0.2, -0.15) is 4.98 Å². The van der Waals surface area contributed by atoms with Crippen molar-refractivity contribution in [1.82, 2.24) is 9.97 Å². The number of ether oxygens (including phenoxy) is 1. The molecule has 1 aromatic rings. The molecule has 96 valence electrons. The van der Waals surface area contributed by atoms with Crippen LogP contribution in [0.2, 0.25) is 0 Å². The van der Waals surface area contributed by atoms with Crippen molar-refractivity contribution in [3.63, 3.8) is 0 Å². The number of hydrogen-bond donors (Lipinski definition) is 1. The van der Waals surface area contributed by atoms with Crippen molar-refractivity contribution in [1.29, 1.82) is 0 Å². The second kappa shape index (κ2) is 8.12. The molecule has 0 bridgehead atoms. The molecule has 0 aliphatic heterocycles. The van der Waals surface area contributed by atoms with Crippen LogP contribution >= 0.6 is 11.6 Å². The molecule has 0 atom stereocenters. The first-order valence-corrected chi connectivity index (χ1v) is 6.54. The van der Waals surface area contributed by atoms with Crippen LogP contribution in [0.5, 0.6) is 5.88 Å². The predicted octanol–water partition coefficient (Wildman–Crippen LogP) is 3.08. The molecule has 4 nitrogen and oxygen atoms in total. The van der Waals surface area contributed by atoms with Crippen LogP contribution in [0.25, 0.3) is 0 Å². The van der Waals surface area contributed by atoms with Gasteiger partial charge in [0.25, 0.3) is 0 Å². The van der Waals surface area contributed by atoms with Crippen LogP contribution in [0.15, 0.2) is 12.4 Å². The molecule has 0 saturated carbocycles. The van der Waals surface area contributed by atoms with Crippen molar-refractivity contribution in [2.75, 3.05) is 17.7 Å². The third-order valence-electron chi connectivity index (χ3n) is 2.09. The number of anilines is 1. The van der Waals surface area contributed by atoms with Gasteiger partial charge in [0.2, 0.25) is 5.88 Å². The molecule has 1 rings (SSSR count). The quantitative estimate of drug-likeness (QED) is 0.574. The van der Waals surface area contributed by atoms with Crippen LogP contribution in [0.1, 0.15) is 33.1 Å². The first-order chi connectivity index (χ1) is 8.22. The fourth-order valence-electron chi connectivity index (χ4n) is 1.34. The van der Waals surface area contributed by atoms with Gasteiger partial charge in [-0.1, -0.05) is 6.42 Å². The Bertz CT molecular complexity index is 320. The molecular formula is C12H20ClN3O. The number of alkyl halides is 1. The van der Waals surface area contributed by atoms with E-state index in [2.05, 4.69) is 15.3 Å². The summed E-state index contributed by atoms with van der Waals surface area (Å²) in [5, 5.41) is 3.22. The zero-order valence-electron chi connectivity index (χ0n) is 10.4. The third-order valence-corrected chi connectivity index (χ3v) is 2.35. The maximum Gasteiger partial charge on any atom is 0.234 e. The van der Waals surface area contributed by atoms with Gasteiger partial charge in [0.15, 0.2) is 0 Å². The molecule has 1 N–H and O–H groups in total. The Kier molecular flexibility index (Phi) is 6.70. The van der Waals surface area contributed by atoms with Gasteiger partial charge in [0.1, 0.15) is 5.82 Å². The van der Waals surface area contributed by atoms with Crippen LogP contribution in [0.4, 0.5) is 5.82 Å². The van der Waals surface area contributed by atoms with E-state index in [1.54, 1.807) is 12.4 Å². The lowest BCUT2D eigenvalue weighted by molar-refractivity contribution is 0.232. The van der Waals surface area contributed by atoms with E-state index < -0.39 is 0 Å². The van der Waals surface area contributed by atoms with E-state index in [9.17, 15) is 0 Å². The van der Waals surface area contributed by atoms with Crippen LogP contribution < -0.4 is 10.1 Å². The Morgan fingerprint density at radius 1 is 1.29 bits per heavy atom. The van der Waals surface area contributed by atoms with E-state index in [1.807, 2.05) is 13.8 Å². The Balaban J connectivity index is 2.32. The molecular weight excluding hydrogens is 238 g/mol. The van der Waals surface area contributed by atoms with Gasteiger partial charge in [-0.05, 0) is 26.7 Å². The molecule has 0 aliphatic carbocycles. The highest BCUT2D eigenvalue weighted by Gasteiger charge is 2.01. The number of halogens is 1. The Morgan fingerprint density at radius 2 is 2.12 bits per heavy atom. The van der Waals surface area contributed by atoms with Gasteiger partial charge in [0, 0.05) is 12.4 Å². The van der Waals surface area contributed by atoms with Crippen molar-refractivity contribution >= 4 is 17.4 Å². The molecule has 0 aliphatic rings. The summed E-state index contributed by atoms with van der Waals surface area (Å²) in [4.78, 5) is 8.39. The van der Waals surface area contributed by atoms with Crippen LogP contribution in [0.3, 0.4) is 0 Å². The lowest BCUT2D eigenvalue weighted by atomic mass is 10.2. The maximum atomic E-state index is 5.61. The predicted molar refractivity (Wildman–Crippen MR) is 70.9 cm³/mol. The second-order valence-electron chi connectivity index (χ2n) is 4.09. The molecule has 0 fully saturated rings. The smallest absolute Gasteiger partial charge is 0.234 e. The van der Waals surface area contributed by atoms with Crippen molar-refractivity contribution in [3.8, 4) is 5.88 Å². The highest BCUT2D eigenvalue weighted by Crippen LogP contribution is 2.10. The van der Waals surface area contributed by atoms with E-state index in [0.29, 0.717) is 5.88 Å². The van der Waals surface area contributed by atoms with Gasteiger partial charge < -0.3 is 10.1 Å². The molecule has 1 heterocycles. The summed E-state index contributed by atoms with van der Waals surface area (Å²) < 4.78 is 5.47. The van der Waals surface area contributed by atoms with E-state index in [1.165, 1.54) is 0 Å². The molecule has 5 heteroatoms. The van der Waals surface area contributed by atoms with Crippen molar-refractivity contribution in [2.45, 2.75) is 39.2 Å². The van der Waals surface area contributed by atoms with Crippen molar-refractivity contribution in [2.24, 2.45) is 0 Å². The Labute approximate surface area is 108 Å². The fourth-order valence-corrected chi connectivity index (χ4v) is 1.53. The standard InChI is InChI=1S/C12H20ClN3O/c1-10(2)17-12-9-14-8-11(16-12)15-7-5-3-4-6-13/h8-10H,3-7H2,1-2H3,(H,15,16). The van der Waals surface area contributed by atoms with E-state index in [-0.39, 0.29) is 6.10 Å². The maximum absolute atomic E-state index is 5.61. The fraction of sp³-hybridized carbons (Fsp3) is 0.667. The summed E-state index contributed by atoms with van der Waals surface area (Å²) in [6.45, 7) is 4.82. The highest BCUT2D eigenvalue weighted by atomic mass is 35.5. The van der Waals surface area contributed by atoms with Crippen LogP contribution in [0, 0.1) is 0 Å². The lowest BCUT2D eigenvalue weighted by Crippen LogP contribution is -2.09. The number of aromatic nitrogens is 2. The summed E-state index contributed by atoms with van der Waals surface area (Å²) in [5.74, 6) is 2.05. The SMILES string of the molecule is CC(C)Oc1cncc(NCCCCCCl)n1. The summed E-state index contributed by atoms with van der Waals surface area (Å²) in [6.07, 6.45) is 6.72. The van der Waals surface area contributed by atoms with Gasteiger partial charge in [-0.3, -0.25) is 4.98 Å². The van der Waals surface area contributed by atoms with Gasteiger partial charge in [-0.25, -0.2) is 0 Å². The molecule has 0 amide bonds. The largest absolute Gasteiger partial charge is 0.474 e. The lowest BCUT2D eigenvalue weighted by Gasteiger charge is -2.10. The second-order valence-corrected chi connectivity index (χ2v) is 4.46. The van der Waals surface area contributed by atoms with Gasteiger partial charge in [0.05, 0.1) is 18.5 Å². The van der Waals surface area contributed by atoms with Crippen molar-refractivity contribution in [3.05, 3.63) is 12.4 Å². The average molecular weight is 258 g/mol. The zero-order valence-corrected chi connectivity index (χ0v) is 11.2. The normalized spacial score (nSPS) is 10.6. The molecule has 0 saturated heterocycles. The monoisotopic (exact) mass is 257 g/mol. The van der Waals surface area contributed by atoms with Gasteiger partial charge in [-0.15, -0.1) is 11.6 Å². The number of unbranched alkanes of at least 4 members (excludes halogenated alkanes) is 2. The summed E-state index contributed by atoms with van der Waals surface area (Å²) in [7, 11) is 0. The number of nitrogens with zero attached hydrogens (tertiary/aromatic N) is 2. The third kappa shape index (κ3) is 6.31. The molecule has 0 aromatic carbocycles. The first kappa shape index (κ1) is 14.0. The molecule has 1 aromatic heterocycles. The van der Waals surface area contributed by atoms with Crippen LogP contribution in [-0.4, -0.2) is 28.5 Å². The summed E-state index contributed by atoms with van der Waals surface area (Å²) in [6, 6.07) is 0. The Morgan fingerprint density at radius 3 is 2.82 bits per heavy atom. The summed E-state index contributed by atoms with van der Waals surface area (Å²) >= 11 is 5.61. The summed E-state index contributed by atoms with van der Waals surface area (Å²) in [5.41, 5.74) is 0. The minimum Gasteiger partial charge on any atom is -0.474 e. The molecule has 0 spiro atoms. The number of hydrogen-bond acceptors (Lipinski definition) is 4. The van der Waals surface area contributed by atoms with Crippen molar-refractivity contribution < 1.29 is 4.74 Å². The number of nitrogens with one attached hydrogen (secondary N) is 1.